The molecule has 0 radical (unpaired) electrons. The van der Waals surface area contributed by atoms with Crippen LogP contribution in [0, 0.1) is 5.92 Å². The summed E-state index contributed by atoms with van der Waals surface area (Å²) in [5.41, 5.74) is -0.0907. The molecule has 0 spiro atoms. The highest BCUT2D eigenvalue weighted by Crippen LogP contribution is 2.02. The van der Waals surface area contributed by atoms with Gasteiger partial charge in [0, 0.05) is 38.4 Å². The second-order valence-corrected chi connectivity index (χ2v) is 4.76. The summed E-state index contributed by atoms with van der Waals surface area (Å²) >= 11 is 0. The van der Waals surface area contributed by atoms with Gasteiger partial charge in [0.15, 0.2) is 0 Å². The number of pyridine rings is 1. The van der Waals surface area contributed by atoms with Crippen molar-refractivity contribution in [1.29, 1.82) is 0 Å². The van der Waals surface area contributed by atoms with Crippen LogP contribution in [0.3, 0.4) is 0 Å². The number of aryl methyl sites for hydroxylation is 1. The standard InChI is InChI=1S/C14H22N2O3/c1-12(11-17)5-4-8-15-13(18)7-10-16-9-3-2-6-14(16)19/h2-3,6,9,12,17H,4-5,7-8,10-11H2,1H3,(H,15,18). The molecular formula is C14H22N2O3. The highest BCUT2D eigenvalue weighted by Gasteiger charge is 2.03. The molecule has 0 aliphatic rings. The second kappa shape index (κ2) is 8.48. The summed E-state index contributed by atoms with van der Waals surface area (Å²) < 4.78 is 1.52. The first-order valence-corrected chi connectivity index (χ1v) is 6.66. The van der Waals surface area contributed by atoms with E-state index in [9.17, 15) is 9.59 Å². The number of hydrogen-bond donors (Lipinski definition) is 2. The van der Waals surface area contributed by atoms with Crippen LogP contribution < -0.4 is 10.9 Å². The van der Waals surface area contributed by atoms with E-state index in [0.717, 1.165) is 12.8 Å². The summed E-state index contributed by atoms with van der Waals surface area (Å²) in [5, 5.41) is 11.7. The Balaban J connectivity index is 2.18. The summed E-state index contributed by atoms with van der Waals surface area (Å²) in [4.78, 5) is 23.0. The third-order valence-corrected chi connectivity index (χ3v) is 2.99. The van der Waals surface area contributed by atoms with Gasteiger partial charge in [0.25, 0.3) is 5.56 Å². The molecule has 0 aliphatic heterocycles. The molecule has 5 heteroatoms. The highest BCUT2D eigenvalue weighted by atomic mass is 16.3. The number of amides is 1. The zero-order chi connectivity index (χ0) is 14.1. The van der Waals surface area contributed by atoms with Crippen molar-refractivity contribution in [3.63, 3.8) is 0 Å². The largest absolute Gasteiger partial charge is 0.396 e. The van der Waals surface area contributed by atoms with Crippen LogP contribution in [0.4, 0.5) is 0 Å². The Morgan fingerprint density at radius 3 is 2.95 bits per heavy atom. The van der Waals surface area contributed by atoms with Gasteiger partial charge in [-0.25, -0.2) is 0 Å². The van der Waals surface area contributed by atoms with Crippen molar-refractivity contribution in [2.24, 2.45) is 5.92 Å². The maximum atomic E-state index is 11.6. The number of nitrogens with one attached hydrogen (secondary N) is 1. The first kappa shape index (κ1) is 15.4. The minimum atomic E-state index is -0.0907. The fourth-order valence-electron chi connectivity index (χ4n) is 1.73. The van der Waals surface area contributed by atoms with Crippen molar-refractivity contribution in [3.8, 4) is 0 Å². The number of aliphatic hydroxyl groups is 1. The first-order valence-electron chi connectivity index (χ1n) is 6.66. The Labute approximate surface area is 113 Å². The van der Waals surface area contributed by atoms with Gasteiger partial charge in [-0.2, -0.15) is 0 Å². The van der Waals surface area contributed by atoms with Gasteiger partial charge in [0.05, 0.1) is 0 Å². The third kappa shape index (κ3) is 6.20. The summed E-state index contributed by atoms with van der Waals surface area (Å²) in [5.74, 6) is 0.229. The van der Waals surface area contributed by atoms with Gasteiger partial charge in [0.2, 0.25) is 5.91 Å². The molecule has 1 heterocycles. The van der Waals surface area contributed by atoms with Gasteiger partial charge in [-0.1, -0.05) is 13.0 Å². The Bertz CT molecular complexity index is 442. The van der Waals surface area contributed by atoms with Gasteiger partial charge in [-0.05, 0) is 24.8 Å². The molecule has 0 saturated heterocycles. The van der Waals surface area contributed by atoms with E-state index < -0.39 is 0 Å². The van der Waals surface area contributed by atoms with E-state index in [4.69, 9.17) is 5.11 Å². The molecule has 106 valence electrons. The molecule has 1 aromatic heterocycles. The Hall–Kier alpha value is -1.62. The van der Waals surface area contributed by atoms with Crippen LogP contribution in [0.5, 0.6) is 0 Å². The number of rotatable bonds is 8. The molecule has 19 heavy (non-hydrogen) atoms. The maximum absolute atomic E-state index is 11.6. The number of carbonyl (C=O) groups excluding carboxylic acids is 1. The lowest BCUT2D eigenvalue weighted by molar-refractivity contribution is -0.121. The van der Waals surface area contributed by atoms with E-state index >= 15 is 0 Å². The number of carbonyl (C=O) groups is 1. The van der Waals surface area contributed by atoms with Crippen LogP contribution in [0.2, 0.25) is 0 Å². The number of aliphatic hydroxyl groups excluding tert-OH is 1. The van der Waals surface area contributed by atoms with Crippen molar-refractivity contribution in [2.75, 3.05) is 13.2 Å². The van der Waals surface area contributed by atoms with Crippen LogP contribution >= 0.6 is 0 Å². The molecule has 1 rings (SSSR count). The zero-order valence-electron chi connectivity index (χ0n) is 11.3. The van der Waals surface area contributed by atoms with Crippen LogP contribution in [0.1, 0.15) is 26.2 Å². The van der Waals surface area contributed by atoms with Crippen molar-refractivity contribution < 1.29 is 9.90 Å². The molecule has 2 N–H and O–H groups in total. The van der Waals surface area contributed by atoms with E-state index in [2.05, 4.69) is 5.32 Å². The molecular weight excluding hydrogens is 244 g/mol. The summed E-state index contributed by atoms with van der Waals surface area (Å²) in [6, 6.07) is 4.94. The van der Waals surface area contributed by atoms with E-state index in [1.165, 1.54) is 10.6 Å². The molecule has 0 saturated carbocycles. The number of hydrogen-bond acceptors (Lipinski definition) is 3. The summed E-state index contributed by atoms with van der Waals surface area (Å²) in [7, 11) is 0. The van der Waals surface area contributed by atoms with Crippen LogP contribution in [0.25, 0.3) is 0 Å². The number of nitrogens with zero attached hydrogens (tertiary/aromatic N) is 1. The highest BCUT2D eigenvalue weighted by molar-refractivity contribution is 5.75. The zero-order valence-corrected chi connectivity index (χ0v) is 11.3. The van der Waals surface area contributed by atoms with Gasteiger partial charge in [-0.3, -0.25) is 9.59 Å². The van der Waals surface area contributed by atoms with Gasteiger partial charge < -0.3 is 15.0 Å². The molecule has 1 aromatic rings. The topological polar surface area (TPSA) is 71.3 Å². The maximum Gasteiger partial charge on any atom is 0.250 e. The predicted octanol–water partition coefficient (Wildman–Crippen LogP) is 0.763. The summed E-state index contributed by atoms with van der Waals surface area (Å²) in [6.45, 7) is 3.18. The van der Waals surface area contributed by atoms with Crippen molar-refractivity contribution in [3.05, 3.63) is 34.7 Å². The minimum absolute atomic E-state index is 0.0487. The predicted molar refractivity (Wildman–Crippen MR) is 73.8 cm³/mol. The molecule has 0 fully saturated rings. The SMILES string of the molecule is CC(CO)CCCNC(=O)CCn1ccccc1=O. The summed E-state index contributed by atoms with van der Waals surface area (Å²) in [6.07, 6.45) is 3.74. The van der Waals surface area contributed by atoms with Crippen LogP contribution in [0.15, 0.2) is 29.2 Å². The molecule has 0 aromatic carbocycles. The lowest BCUT2D eigenvalue weighted by atomic mass is 10.1. The second-order valence-electron chi connectivity index (χ2n) is 4.76. The van der Waals surface area contributed by atoms with Gasteiger partial charge >= 0.3 is 0 Å². The number of aromatic nitrogens is 1. The third-order valence-electron chi connectivity index (χ3n) is 2.99. The lowest BCUT2D eigenvalue weighted by Crippen LogP contribution is -2.27. The average molecular weight is 266 g/mol. The van der Waals surface area contributed by atoms with Gasteiger partial charge in [-0.15, -0.1) is 0 Å². The minimum Gasteiger partial charge on any atom is -0.396 e. The van der Waals surface area contributed by atoms with Crippen LogP contribution in [-0.4, -0.2) is 28.7 Å². The average Bonchev–Trinajstić information content (AvgIpc) is 2.42. The van der Waals surface area contributed by atoms with E-state index in [1.54, 1.807) is 18.3 Å². The lowest BCUT2D eigenvalue weighted by Gasteiger charge is -2.09. The fraction of sp³-hybridized carbons (Fsp3) is 0.571. The molecule has 1 unspecified atom stereocenters. The normalized spacial score (nSPS) is 12.1. The molecule has 1 amide bonds. The van der Waals surface area contributed by atoms with E-state index in [0.29, 0.717) is 19.5 Å². The Kier molecular flexibility index (Phi) is 6.89. The van der Waals surface area contributed by atoms with Gasteiger partial charge in [0.1, 0.15) is 0 Å². The monoisotopic (exact) mass is 266 g/mol. The molecule has 1 atom stereocenters. The Morgan fingerprint density at radius 2 is 2.26 bits per heavy atom. The van der Waals surface area contributed by atoms with Crippen molar-refractivity contribution in [2.45, 2.75) is 32.7 Å². The fourth-order valence-corrected chi connectivity index (χ4v) is 1.73. The van der Waals surface area contributed by atoms with E-state index in [-0.39, 0.29) is 24.0 Å². The van der Waals surface area contributed by atoms with Crippen molar-refractivity contribution in [1.82, 2.24) is 9.88 Å². The molecule has 0 aliphatic carbocycles. The van der Waals surface area contributed by atoms with E-state index in [1.807, 2.05) is 6.92 Å². The quantitative estimate of drug-likeness (QED) is 0.682. The van der Waals surface area contributed by atoms with Crippen molar-refractivity contribution >= 4 is 5.91 Å². The smallest absolute Gasteiger partial charge is 0.250 e. The molecule has 0 bridgehead atoms. The first-order chi connectivity index (χ1) is 9.13. The Morgan fingerprint density at radius 1 is 1.47 bits per heavy atom. The molecule has 5 nitrogen and oxygen atoms in total. The van der Waals surface area contributed by atoms with Crippen LogP contribution in [-0.2, 0) is 11.3 Å².